The largest absolute Gasteiger partial charge is 0.395 e. The molecule has 0 aliphatic heterocycles. The van der Waals surface area contributed by atoms with Crippen LogP contribution in [-0.4, -0.2) is 11.7 Å². The van der Waals surface area contributed by atoms with Crippen molar-refractivity contribution in [2.75, 3.05) is 6.61 Å². The first kappa shape index (κ1) is 14.2. The Morgan fingerprint density at radius 1 is 1.32 bits per heavy atom. The van der Waals surface area contributed by atoms with E-state index in [2.05, 4.69) is 54.5 Å². The van der Waals surface area contributed by atoms with Crippen molar-refractivity contribution in [3.63, 3.8) is 0 Å². The maximum Gasteiger partial charge on any atom is 0.0540 e. The lowest BCUT2D eigenvalue weighted by molar-refractivity contribution is 0.305. The lowest BCUT2D eigenvalue weighted by Crippen LogP contribution is -1.82. The minimum Gasteiger partial charge on any atom is -0.395 e. The smallest absolute Gasteiger partial charge is 0.0540 e. The molecule has 0 saturated carbocycles. The standard InChI is InChI=1S/C16H16OS2/c1-13-5-4-7-15(11-13)19-12-16-14(8-10-18-16)6-2-3-9-17/h4-5,7-8,10-11,17H,3,9,12H2,1H3. The third-order valence-electron chi connectivity index (χ3n) is 2.56. The fourth-order valence-corrected chi connectivity index (χ4v) is 3.59. The molecule has 98 valence electrons. The maximum absolute atomic E-state index is 8.74. The number of aliphatic hydroxyl groups excluding tert-OH is 1. The van der Waals surface area contributed by atoms with Gasteiger partial charge in [-0.15, -0.1) is 23.1 Å². The first-order valence-corrected chi connectivity index (χ1v) is 8.01. The monoisotopic (exact) mass is 288 g/mol. The van der Waals surface area contributed by atoms with Gasteiger partial charge >= 0.3 is 0 Å². The Bertz CT molecular complexity index is 590. The minimum atomic E-state index is 0.129. The fourth-order valence-electron chi connectivity index (χ4n) is 1.63. The SMILES string of the molecule is Cc1cccc(SCc2sccc2C#CCCO)c1. The topological polar surface area (TPSA) is 20.2 Å². The molecule has 0 radical (unpaired) electrons. The summed E-state index contributed by atoms with van der Waals surface area (Å²) in [6.45, 7) is 2.24. The van der Waals surface area contributed by atoms with E-state index in [9.17, 15) is 0 Å². The predicted molar refractivity (Wildman–Crippen MR) is 83.6 cm³/mol. The molecule has 0 saturated heterocycles. The highest BCUT2D eigenvalue weighted by atomic mass is 32.2. The second-order valence-corrected chi connectivity index (χ2v) is 6.19. The number of rotatable bonds is 4. The highest BCUT2D eigenvalue weighted by Gasteiger charge is 2.03. The van der Waals surface area contributed by atoms with Crippen LogP contribution in [0.15, 0.2) is 40.6 Å². The summed E-state index contributed by atoms with van der Waals surface area (Å²) in [6, 6.07) is 10.6. The summed E-state index contributed by atoms with van der Waals surface area (Å²) < 4.78 is 0. The van der Waals surface area contributed by atoms with Crippen LogP contribution in [0.3, 0.4) is 0 Å². The molecule has 0 aliphatic rings. The van der Waals surface area contributed by atoms with Crippen LogP contribution in [0.1, 0.15) is 22.4 Å². The molecule has 19 heavy (non-hydrogen) atoms. The normalized spacial score (nSPS) is 10.0. The van der Waals surface area contributed by atoms with E-state index < -0.39 is 0 Å². The van der Waals surface area contributed by atoms with Crippen molar-refractivity contribution in [2.45, 2.75) is 24.0 Å². The van der Waals surface area contributed by atoms with Gasteiger partial charge in [0, 0.05) is 27.5 Å². The van der Waals surface area contributed by atoms with Crippen LogP contribution in [-0.2, 0) is 5.75 Å². The zero-order valence-electron chi connectivity index (χ0n) is 10.8. The van der Waals surface area contributed by atoms with Gasteiger partial charge in [-0.3, -0.25) is 0 Å². The Morgan fingerprint density at radius 2 is 2.21 bits per heavy atom. The number of thioether (sulfide) groups is 1. The van der Waals surface area contributed by atoms with E-state index in [4.69, 9.17) is 5.11 Å². The van der Waals surface area contributed by atoms with Gasteiger partial charge in [0.2, 0.25) is 0 Å². The molecule has 0 fully saturated rings. The zero-order valence-corrected chi connectivity index (χ0v) is 12.5. The maximum atomic E-state index is 8.74. The number of thiophene rings is 1. The van der Waals surface area contributed by atoms with Gasteiger partial charge in [0.15, 0.2) is 0 Å². The number of aryl methyl sites for hydroxylation is 1. The second kappa shape index (κ2) is 7.40. The molecule has 0 bridgehead atoms. The zero-order chi connectivity index (χ0) is 13.5. The highest BCUT2D eigenvalue weighted by molar-refractivity contribution is 7.98. The van der Waals surface area contributed by atoms with Crippen LogP contribution < -0.4 is 0 Å². The summed E-state index contributed by atoms with van der Waals surface area (Å²) in [5, 5.41) is 10.8. The van der Waals surface area contributed by atoms with E-state index in [1.165, 1.54) is 15.3 Å². The van der Waals surface area contributed by atoms with Gasteiger partial charge in [-0.1, -0.05) is 29.5 Å². The van der Waals surface area contributed by atoms with Gasteiger partial charge in [0.05, 0.1) is 6.61 Å². The third-order valence-corrected chi connectivity index (χ3v) is 4.69. The Hall–Kier alpha value is -1.21. The van der Waals surface area contributed by atoms with Crippen LogP contribution in [0.4, 0.5) is 0 Å². The average Bonchev–Trinajstić information content (AvgIpc) is 2.84. The number of aliphatic hydroxyl groups is 1. The molecule has 0 atom stereocenters. The van der Waals surface area contributed by atoms with Gasteiger partial charge in [-0.2, -0.15) is 0 Å². The molecular formula is C16H16OS2. The Balaban J connectivity index is 2.01. The van der Waals surface area contributed by atoms with E-state index >= 15 is 0 Å². The van der Waals surface area contributed by atoms with Gasteiger partial charge in [-0.05, 0) is 30.5 Å². The van der Waals surface area contributed by atoms with Crippen LogP contribution in [0.25, 0.3) is 0 Å². The third kappa shape index (κ3) is 4.43. The van der Waals surface area contributed by atoms with Crippen molar-refractivity contribution in [1.82, 2.24) is 0 Å². The van der Waals surface area contributed by atoms with Crippen molar-refractivity contribution in [3.8, 4) is 11.8 Å². The van der Waals surface area contributed by atoms with Crippen molar-refractivity contribution >= 4 is 23.1 Å². The van der Waals surface area contributed by atoms with Gasteiger partial charge in [-0.25, -0.2) is 0 Å². The van der Waals surface area contributed by atoms with Crippen molar-refractivity contribution in [1.29, 1.82) is 0 Å². The lowest BCUT2D eigenvalue weighted by atomic mass is 10.2. The number of hydrogen-bond acceptors (Lipinski definition) is 3. The predicted octanol–water partition coefficient (Wildman–Crippen LogP) is 4.08. The summed E-state index contributed by atoms with van der Waals surface area (Å²) in [5.74, 6) is 7.06. The first-order chi connectivity index (χ1) is 9.29. The summed E-state index contributed by atoms with van der Waals surface area (Å²) in [6.07, 6.45) is 0.542. The molecule has 1 N–H and O–H groups in total. The lowest BCUT2D eigenvalue weighted by Gasteiger charge is -2.02. The first-order valence-electron chi connectivity index (χ1n) is 6.15. The number of benzene rings is 1. The van der Waals surface area contributed by atoms with Crippen molar-refractivity contribution < 1.29 is 5.11 Å². The van der Waals surface area contributed by atoms with Crippen molar-refractivity contribution in [2.24, 2.45) is 0 Å². The van der Waals surface area contributed by atoms with Crippen LogP contribution in [0.2, 0.25) is 0 Å². The van der Waals surface area contributed by atoms with Gasteiger partial charge in [0.1, 0.15) is 0 Å². The molecule has 2 aromatic rings. The quantitative estimate of drug-likeness (QED) is 0.675. The van der Waals surface area contributed by atoms with E-state index in [0.717, 1.165) is 11.3 Å². The molecule has 1 aromatic heterocycles. The molecule has 0 amide bonds. The average molecular weight is 288 g/mol. The number of hydrogen-bond donors (Lipinski definition) is 1. The summed E-state index contributed by atoms with van der Waals surface area (Å²) >= 11 is 3.58. The summed E-state index contributed by atoms with van der Waals surface area (Å²) in [4.78, 5) is 2.60. The van der Waals surface area contributed by atoms with E-state index in [1.54, 1.807) is 11.3 Å². The van der Waals surface area contributed by atoms with Gasteiger partial charge in [0.25, 0.3) is 0 Å². The molecular weight excluding hydrogens is 272 g/mol. The van der Waals surface area contributed by atoms with E-state index in [0.29, 0.717) is 6.42 Å². The van der Waals surface area contributed by atoms with E-state index in [-0.39, 0.29) is 6.61 Å². The summed E-state index contributed by atoms with van der Waals surface area (Å²) in [5.41, 5.74) is 2.39. The highest BCUT2D eigenvalue weighted by Crippen LogP contribution is 2.27. The molecule has 1 heterocycles. The van der Waals surface area contributed by atoms with Crippen molar-refractivity contribution in [3.05, 3.63) is 51.7 Å². The van der Waals surface area contributed by atoms with Crippen LogP contribution in [0.5, 0.6) is 0 Å². The molecule has 0 unspecified atom stereocenters. The van der Waals surface area contributed by atoms with Crippen LogP contribution >= 0.6 is 23.1 Å². The minimum absolute atomic E-state index is 0.129. The fraction of sp³-hybridized carbons (Fsp3) is 0.250. The Kier molecular flexibility index (Phi) is 5.53. The van der Waals surface area contributed by atoms with Crippen LogP contribution in [0, 0.1) is 18.8 Å². The van der Waals surface area contributed by atoms with Gasteiger partial charge < -0.3 is 5.11 Å². The Morgan fingerprint density at radius 3 is 3.00 bits per heavy atom. The molecule has 0 aliphatic carbocycles. The van der Waals surface area contributed by atoms with E-state index in [1.807, 2.05) is 11.8 Å². The molecule has 0 spiro atoms. The summed E-state index contributed by atoms with van der Waals surface area (Å²) in [7, 11) is 0. The molecule has 3 heteroatoms. The molecule has 2 rings (SSSR count). The Labute approximate surface area is 122 Å². The molecule has 1 nitrogen and oxygen atoms in total. The molecule has 1 aromatic carbocycles. The second-order valence-electron chi connectivity index (χ2n) is 4.14.